The fraction of sp³-hybridized carbons (Fsp3) is 0.0769. The van der Waals surface area contributed by atoms with Crippen LogP contribution < -0.4 is 14.8 Å². The van der Waals surface area contributed by atoms with Crippen LogP contribution in [0.3, 0.4) is 0 Å². The van der Waals surface area contributed by atoms with Crippen molar-refractivity contribution in [3.8, 4) is 11.5 Å². The van der Waals surface area contributed by atoms with Crippen LogP contribution in [0.5, 0.6) is 11.5 Å². The monoisotopic (exact) mass is 260 g/mol. The van der Waals surface area contributed by atoms with Gasteiger partial charge < -0.3 is 14.8 Å². The molecule has 1 aromatic heterocycles. The second-order valence-corrected chi connectivity index (χ2v) is 3.91. The number of carbonyl (C=O) groups excluding carboxylic acids is 1. The largest absolute Gasteiger partial charge is 0.454 e. The number of aromatic nitrogens is 1. The minimum atomic E-state index is -0.511. The predicted molar refractivity (Wildman–Crippen MR) is 64.7 cm³/mol. The molecule has 0 aliphatic carbocycles. The molecule has 0 bridgehead atoms. The molecular weight excluding hydrogens is 251 g/mol. The van der Waals surface area contributed by atoms with Crippen LogP contribution in [0.4, 0.5) is 10.1 Å². The molecule has 0 fully saturated rings. The zero-order chi connectivity index (χ0) is 13.2. The minimum absolute atomic E-state index is 0.147. The number of benzene rings is 1. The summed E-state index contributed by atoms with van der Waals surface area (Å²) in [5, 5.41) is 2.55. The van der Waals surface area contributed by atoms with Crippen molar-refractivity contribution >= 4 is 11.6 Å². The number of ether oxygens (including phenoxy) is 2. The highest BCUT2D eigenvalue weighted by molar-refractivity contribution is 6.04. The van der Waals surface area contributed by atoms with Gasteiger partial charge in [0.2, 0.25) is 6.79 Å². The smallest absolute Gasteiger partial charge is 0.255 e. The van der Waals surface area contributed by atoms with Crippen LogP contribution in [0.1, 0.15) is 10.4 Å². The highest BCUT2D eigenvalue weighted by Crippen LogP contribution is 2.32. The first-order valence-corrected chi connectivity index (χ1v) is 5.54. The molecule has 0 atom stereocenters. The molecule has 19 heavy (non-hydrogen) atoms. The maximum atomic E-state index is 12.9. The number of carbonyl (C=O) groups is 1. The first-order chi connectivity index (χ1) is 9.22. The van der Waals surface area contributed by atoms with Crippen LogP contribution in [0, 0.1) is 5.82 Å². The van der Waals surface area contributed by atoms with E-state index in [1.165, 1.54) is 12.3 Å². The molecule has 0 unspecified atom stereocenters. The van der Waals surface area contributed by atoms with E-state index in [0.29, 0.717) is 22.7 Å². The first-order valence-electron chi connectivity index (χ1n) is 5.54. The highest BCUT2D eigenvalue weighted by atomic mass is 19.1. The van der Waals surface area contributed by atoms with Gasteiger partial charge in [0.1, 0.15) is 5.82 Å². The van der Waals surface area contributed by atoms with E-state index in [9.17, 15) is 9.18 Å². The van der Waals surface area contributed by atoms with Gasteiger partial charge in [-0.3, -0.25) is 9.78 Å². The Bertz CT molecular complexity index is 646. The number of halogens is 1. The van der Waals surface area contributed by atoms with Gasteiger partial charge in [-0.2, -0.15) is 0 Å². The number of nitrogens with one attached hydrogen (secondary N) is 1. The number of pyridine rings is 1. The SMILES string of the molecule is O=C(Nc1cncc(F)c1)c1ccc2c(c1)OCO2. The van der Waals surface area contributed by atoms with Crippen molar-refractivity contribution in [1.82, 2.24) is 4.98 Å². The van der Waals surface area contributed by atoms with E-state index in [1.54, 1.807) is 18.2 Å². The average molecular weight is 260 g/mol. The van der Waals surface area contributed by atoms with Crippen LogP contribution >= 0.6 is 0 Å². The number of hydrogen-bond acceptors (Lipinski definition) is 4. The molecule has 1 aliphatic heterocycles. The topological polar surface area (TPSA) is 60.5 Å². The van der Waals surface area contributed by atoms with Crippen molar-refractivity contribution in [1.29, 1.82) is 0 Å². The van der Waals surface area contributed by atoms with Crippen molar-refractivity contribution in [2.75, 3.05) is 12.1 Å². The maximum Gasteiger partial charge on any atom is 0.255 e. The average Bonchev–Trinajstić information content (AvgIpc) is 2.85. The summed E-state index contributed by atoms with van der Waals surface area (Å²) in [6.07, 6.45) is 2.43. The lowest BCUT2D eigenvalue weighted by Gasteiger charge is -2.05. The van der Waals surface area contributed by atoms with Gasteiger partial charge in [0.15, 0.2) is 11.5 Å². The van der Waals surface area contributed by atoms with Crippen molar-refractivity contribution in [3.63, 3.8) is 0 Å². The second-order valence-electron chi connectivity index (χ2n) is 3.91. The molecule has 5 nitrogen and oxygen atoms in total. The molecule has 3 rings (SSSR count). The van der Waals surface area contributed by atoms with Crippen molar-refractivity contribution in [2.24, 2.45) is 0 Å². The molecular formula is C13H9FN2O3. The highest BCUT2D eigenvalue weighted by Gasteiger charge is 2.16. The molecule has 96 valence electrons. The summed E-state index contributed by atoms with van der Waals surface area (Å²) in [4.78, 5) is 15.6. The Morgan fingerprint density at radius 1 is 1.21 bits per heavy atom. The third-order valence-corrected chi connectivity index (χ3v) is 2.60. The van der Waals surface area contributed by atoms with Crippen LogP contribution in [0.2, 0.25) is 0 Å². The Kier molecular flexibility index (Phi) is 2.75. The third kappa shape index (κ3) is 2.33. The van der Waals surface area contributed by atoms with Crippen LogP contribution in [0.15, 0.2) is 36.7 Å². The van der Waals surface area contributed by atoms with Gasteiger partial charge in [-0.1, -0.05) is 0 Å². The molecule has 2 heterocycles. The third-order valence-electron chi connectivity index (χ3n) is 2.60. The summed E-state index contributed by atoms with van der Waals surface area (Å²) in [6, 6.07) is 6.03. The maximum absolute atomic E-state index is 12.9. The Hall–Kier alpha value is -2.63. The van der Waals surface area contributed by atoms with Gasteiger partial charge >= 0.3 is 0 Å². The van der Waals surface area contributed by atoms with E-state index in [1.807, 2.05) is 0 Å². The number of nitrogens with zero attached hydrogens (tertiary/aromatic N) is 1. The Morgan fingerprint density at radius 2 is 2.05 bits per heavy atom. The van der Waals surface area contributed by atoms with Gasteiger partial charge in [-0.25, -0.2) is 4.39 Å². The van der Waals surface area contributed by atoms with E-state index in [2.05, 4.69) is 10.3 Å². The molecule has 6 heteroatoms. The lowest BCUT2D eigenvalue weighted by atomic mass is 10.2. The van der Waals surface area contributed by atoms with E-state index in [-0.39, 0.29) is 12.7 Å². The minimum Gasteiger partial charge on any atom is -0.454 e. The number of hydrogen-bond donors (Lipinski definition) is 1. The summed E-state index contributed by atoms with van der Waals surface area (Å²) >= 11 is 0. The van der Waals surface area contributed by atoms with Crippen molar-refractivity contribution in [2.45, 2.75) is 0 Å². The second kappa shape index (κ2) is 4.56. The lowest BCUT2D eigenvalue weighted by molar-refractivity contribution is 0.102. The Labute approximate surface area is 108 Å². The van der Waals surface area contributed by atoms with Gasteiger partial charge in [0, 0.05) is 11.6 Å². The summed E-state index contributed by atoms with van der Waals surface area (Å²) < 4.78 is 23.3. The molecule has 1 N–H and O–H groups in total. The normalized spacial score (nSPS) is 12.3. The Balaban J connectivity index is 1.81. The molecule has 1 amide bonds. The molecule has 0 saturated carbocycles. The molecule has 1 aliphatic rings. The predicted octanol–water partition coefficient (Wildman–Crippen LogP) is 2.20. The fourth-order valence-corrected chi connectivity index (χ4v) is 1.72. The molecule has 0 radical (unpaired) electrons. The quantitative estimate of drug-likeness (QED) is 0.899. The molecule has 1 aromatic carbocycles. The first kappa shape index (κ1) is 11.5. The standard InChI is InChI=1S/C13H9FN2O3/c14-9-4-10(6-15-5-9)16-13(17)8-1-2-11-12(3-8)19-7-18-11/h1-6H,7H2,(H,16,17). The van der Waals surface area contributed by atoms with Crippen molar-refractivity contribution in [3.05, 3.63) is 48.0 Å². The van der Waals surface area contributed by atoms with E-state index in [4.69, 9.17) is 9.47 Å². The number of anilines is 1. The van der Waals surface area contributed by atoms with Gasteiger partial charge in [0.05, 0.1) is 18.1 Å². The lowest BCUT2D eigenvalue weighted by Crippen LogP contribution is -2.12. The fourth-order valence-electron chi connectivity index (χ4n) is 1.72. The van der Waals surface area contributed by atoms with E-state index in [0.717, 1.165) is 6.20 Å². The number of fused-ring (bicyclic) bond motifs is 1. The van der Waals surface area contributed by atoms with E-state index >= 15 is 0 Å². The van der Waals surface area contributed by atoms with Crippen LogP contribution in [-0.2, 0) is 0 Å². The molecule has 0 spiro atoms. The number of amides is 1. The summed E-state index contributed by atoms with van der Waals surface area (Å²) in [6.45, 7) is 0.147. The van der Waals surface area contributed by atoms with Gasteiger partial charge in [0.25, 0.3) is 5.91 Å². The van der Waals surface area contributed by atoms with E-state index < -0.39 is 5.82 Å². The van der Waals surface area contributed by atoms with Crippen molar-refractivity contribution < 1.29 is 18.7 Å². The van der Waals surface area contributed by atoms with Gasteiger partial charge in [-0.05, 0) is 18.2 Å². The zero-order valence-corrected chi connectivity index (χ0v) is 9.72. The zero-order valence-electron chi connectivity index (χ0n) is 9.72. The van der Waals surface area contributed by atoms with Crippen LogP contribution in [-0.4, -0.2) is 17.7 Å². The van der Waals surface area contributed by atoms with Gasteiger partial charge in [-0.15, -0.1) is 0 Å². The summed E-state index contributed by atoms with van der Waals surface area (Å²) in [7, 11) is 0. The number of rotatable bonds is 2. The molecule has 2 aromatic rings. The van der Waals surface area contributed by atoms with Crippen LogP contribution in [0.25, 0.3) is 0 Å². The Morgan fingerprint density at radius 3 is 2.89 bits per heavy atom. The summed E-state index contributed by atoms with van der Waals surface area (Å²) in [5.41, 5.74) is 0.691. The summed E-state index contributed by atoms with van der Waals surface area (Å²) in [5.74, 6) is 0.239. The molecule has 0 saturated heterocycles.